The molecule has 0 aromatic carbocycles. The first-order valence-electron chi connectivity index (χ1n) is 8.02. The lowest BCUT2D eigenvalue weighted by molar-refractivity contribution is -0.116. The van der Waals surface area contributed by atoms with Gasteiger partial charge in [0.1, 0.15) is 5.76 Å². The molecule has 1 aliphatic carbocycles. The Labute approximate surface area is 144 Å². The number of nitrogens with one attached hydrogen (secondary N) is 1. The molecule has 0 bridgehead atoms. The molecule has 0 fully saturated rings. The summed E-state index contributed by atoms with van der Waals surface area (Å²) in [4.78, 5) is 28.0. The molecule has 2 heterocycles. The average molecular weight is 347 g/mol. The summed E-state index contributed by atoms with van der Waals surface area (Å²) >= 11 is 1.56. The second kappa shape index (κ2) is 6.76. The van der Waals surface area contributed by atoms with Crippen LogP contribution in [0.5, 0.6) is 0 Å². The van der Waals surface area contributed by atoms with Gasteiger partial charge in [-0.1, -0.05) is 12.1 Å². The summed E-state index contributed by atoms with van der Waals surface area (Å²) in [5.41, 5.74) is 1.29. The molecule has 1 atom stereocenters. The van der Waals surface area contributed by atoms with Crippen molar-refractivity contribution < 1.29 is 14.1 Å². The highest BCUT2D eigenvalue weighted by Gasteiger charge is 2.23. The first-order valence-corrected chi connectivity index (χ1v) is 8.84. The Kier molecular flexibility index (Phi) is 4.71. The number of fused-ring (bicyclic) bond motifs is 1. The molecule has 1 N–H and O–H groups in total. The number of carbonyl (C=O) groups is 2. The van der Waals surface area contributed by atoms with Gasteiger partial charge < -0.3 is 14.7 Å². The van der Waals surface area contributed by atoms with Crippen molar-refractivity contribution >= 4 is 29.0 Å². The van der Waals surface area contributed by atoms with Gasteiger partial charge in [-0.05, 0) is 43.7 Å². The molecule has 0 spiro atoms. The topological polar surface area (TPSA) is 75.4 Å². The Hall–Kier alpha value is -2.15. The van der Waals surface area contributed by atoms with Crippen LogP contribution in [0, 0.1) is 12.8 Å². The normalized spacial score (nSPS) is 16.5. The highest BCUT2D eigenvalue weighted by molar-refractivity contribution is 7.14. The van der Waals surface area contributed by atoms with Gasteiger partial charge in [0.25, 0.3) is 5.91 Å². The molecule has 0 saturated carbocycles. The minimum absolute atomic E-state index is 0.0241. The number of anilines is 1. The average Bonchev–Trinajstić information content (AvgIpc) is 3.11. The Morgan fingerprint density at radius 3 is 2.96 bits per heavy atom. The van der Waals surface area contributed by atoms with Crippen molar-refractivity contribution in [3.8, 4) is 0 Å². The molecule has 0 radical (unpaired) electrons. The summed E-state index contributed by atoms with van der Waals surface area (Å²) in [5, 5.41) is 6.33. The quantitative estimate of drug-likeness (QED) is 0.923. The molecule has 24 heavy (non-hydrogen) atoms. The Morgan fingerprint density at radius 1 is 1.46 bits per heavy atom. The number of hydrogen-bond donors (Lipinski definition) is 1. The predicted octanol–water partition coefficient (Wildman–Crippen LogP) is 2.88. The van der Waals surface area contributed by atoms with Gasteiger partial charge in [0, 0.05) is 18.0 Å². The van der Waals surface area contributed by atoms with Crippen LogP contribution in [0.25, 0.3) is 0 Å². The maximum atomic E-state index is 12.6. The van der Waals surface area contributed by atoms with E-state index in [1.165, 1.54) is 21.8 Å². The SMILES string of the molecule is Cc1cc(NC(=O)CN(C)C(=O)c2cc3c(s2)CC[C@H](C)C3)no1. The van der Waals surface area contributed by atoms with Crippen LogP contribution in [-0.4, -0.2) is 35.5 Å². The number of thiophene rings is 1. The molecule has 0 saturated heterocycles. The fourth-order valence-corrected chi connectivity index (χ4v) is 4.10. The van der Waals surface area contributed by atoms with E-state index in [0.717, 1.165) is 12.8 Å². The lowest BCUT2D eigenvalue weighted by atomic mass is 9.90. The van der Waals surface area contributed by atoms with Crippen LogP contribution in [0.4, 0.5) is 5.82 Å². The van der Waals surface area contributed by atoms with Gasteiger partial charge in [0.15, 0.2) is 5.82 Å². The van der Waals surface area contributed by atoms with Crippen molar-refractivity contribution in [1.29, 1.82) is 0 Å². The molecule has 0 aliphatic heterocycles. The standard InChI is InChI=1S/C17H21N3O3S/c1-10-4-5-13-12(6-10)8-14(24-13)17(22)20(3)9-16(21)18-15-7-11(2)23-19-15/h7-8,10H,4-6,9H2,1-3H3,(H,18,19,21)/t10-/m0/s1. The molecule has 7 heteroatoms. The summed E-state index contributed by atoms with van der Waals surface area (Å²) in [6, 6.07) is 3.63. The summed E-state index contributed by atoms with van der Waals surface area (Å²) in [6.45, 7) is 3.96. The molecular formula is C17H21N3O3S. The van der Waals surface area contributed by atoms with Gasteiger partial charge in [-0.2, -0.15) is 0 Å². The summed E-state index contributed by atoms with van der Waals surface area (Å²) in [5.74, 6) is 1.24. The molecule has 2 amide bonds. The smallest absolute Gasteiger partial charge is 0.264 e. The van der Waals surface area contributed by atoms with Crippen LogP contribution in [0.1, 0.15) is 39.2 Å². The monoisotopic (exact) mass is 347 g/mol. The second-order valence-corrected chi connectivity index (χ2v) is 7.58. The number of hydrogen-bond acceptors (Lipinski definition) is 5. The summed E-state index contributed by atoms with van der Waals surface area (Å²) in [7, 11) is 1.64. The van der Waals surface area contributed by atoms with E-state index < -0.39 is 0 Å². The van der Waals surface area contributed by atoms with E-state index in [-0.39, 0.29) is 18.4 Å². The van der Waals surface area contributed by atoms with Crippen LogP contribution in [0.2, 0.25) is 0 Å². The Bertz CT molecular complexity index is 765. The fourth-order valence-electron chi connectivity index (χ4n) is 2.89. The van der Waals surface area contributed by atoms with Crippen molar-refractivity contribution in [3.05, 3.63) is 33.2 Å². The third-order valence-corrected chi connectivity index (χ3v) is 5.39. The van der Waals surface area contributed by atoms with E-state index in [1.807, 2.05) is 6.07 Å². The van der Waals surface area contributed by atoms with Crippen LogP contribution in [0.3, 0.4) is 0 Å². The van der Waals surface area contributed by atoms with Crippen molar-refractivity contribution in [2.24, 2.45) is 5.92 Å². The zero-order valence-corrected chi connectivity index (χ0v) is 14.9. The molecule has 6 nitrogen and oxygen atoms in total. The summed E-state index contributed by atoms with van der Waals surface area (Å²) < 4.78 is 4.90. The van der Waals surface area contributed by atoms with Gasteiger partial charge >= 0.3 is 0 Å². The third kappa shape index (κ3) is 3.67. The van der Waals surface area contributed by atoms with Gasteiger partial charge in [-0.15, -0.1) is 11.3 Å². The highest BCUT2D eigenvalue weighted by atomic mass is 32.1. The van der Waals surface area contributed by atoms with Crippen molar-refractivity contribution in [1.82, 2.24) is 10.1 Å². The number of aryl methyl sites for hydroxylation is 2. The number of nitrogens with zero attached hydrogens (tertiary/aromatic N) is 2. The van der Waals surface area contributed by atoms with Crippen LogP contribution in [-0.2, 0) is 17.6 Å². The van der Waals surface area contributed by atoms with Crippen LogP contribution < -0.4 is 5.32 Å². The molecule has 3 rings (SSSR count). The van der Waals surface area contributed by atoms with Crippen molar-refractivity contribution in [2.45, 2.75) is 33.1 Å². The van der Waals surface area contributed by atoms with Crippen molar-refractivity contribution in [3.63, 3.8) is 0 Å². The van der Waals surface area contributed by atoms with E-state index in [1.54, 1.807) is 31.4 Å². The number of carbonyl (C=O) groups excluding carboxylic acids is 2. The van der Waals surface area contributed by atoms with Crippen molar-refractivity contribution in [2.75, 3.05) is 18.9 Å². The second-order valence-electron chi connectivity index (χ2n) is 6.44. The fraction of sp³-hybridized carbons (Fsp3) is 0.471. The predicted molar refractivity (Wildman–Crippen MR) is 92.3 cm³/mol. The number of likely N-dealkylation sites (N-methyl/N-ethyl adjacent to an activating group) is 1. The molecule has 128 valence electrons. The number of rotatable bonds is 4. The molecular weight excluding hydrogens is 326 g/mol. The Balaban J connectivity index is 1.61. The van der Waals surface area contributed by atoms with Crippen LogP contribution in [0.15, 0.2) is 16.7 Å². The van der Waals surface area contributed by atoms with Gasteiger partial charge in [0.05, 0.1) is 11.4 Å². The van der Waals surface area contributed by atoms with Crippen LogP contribution >= 0.6 is 11.3 Å². The van der Waals surface area contributed by atoms with Gasteiger partial charge in [-0.3, -0.25) is 9.59 Å². The lowest BCUT2D eigenvalue weighted by Gasteiger charge is -2.16. The van der Waals surface area contributed by atoms with Gasteiger partial charge in [0.2, 0.25) is 5.91 Å². The molecule has 1 aliphatic rings. The van der Waals surface area contributed by atoms with E-state index in [2.05, 4.69) is 17.4 Å². The largest absolute Gasteiger partial charge is 0.360 e. The Morgan fingerprint density at radius 2 is 2.25 bits per heavy atom. The maximum Gasteiger partial charge on any atom is 0.264 e. The first kappa shape index (κ1) is 16.7. The minimum Gasteiger partial charge on any atom is -0.360 e. The lowest BCUT2D eigenvalue weighted by Crippen LogP contribution is -2.34. The number of amides is 2. The van der Waals surface area contributed by atoms with E-state index in [4.69, 9.17) is 4.52 Å². The van der Waals surface area contributed by atoms with E-state index in [0.29, 0.717) is 22.4 Å². The van der Waals surface area contributed by atoms with E-state index >= 15 is 0 Å². The molecule has 2 aromatic rings. The minimum atomic E-state index is -0.297. The molecule has 0 unspecified atom stereocenters. The third-order valence-electron chi connectivity index (χ3n) is 4.16. The zero-order chi connectivity index (χ0) is 17.3. The first-order chi connectivity index (χ1) is 11.4. The zero-order valence-electron chi connectivity index (χ0n) is 14.1. The summed E-state index contributed by atoms with van der Waals surface area (Å²) in [6.07, 6.45) is 3.26. The van der Waals surface area contributed by atoms with E-state index in [9.17, 15) is 9.59 Å². The number of aromatic nitrogens is 1. The maximum absolute atomic E-state index is 12.6. The highest BCUT2D eigenvalue weighted by Crippen LogP contribution is 2.32. The molecule has 2 aromatic heterocycles. The van der Waals surface area contributed by atoms with Gasteiger partial charge in [-0.25, -0.2) is 0 Å².